The van der Waals surface area contributed by atoms with Gasteiger partial charge in [-0.1, -0.05) is 16.8 Å². The zero-order valence-electron chi connectivity index (χ0n) is 9.90. The van der Waals surface area contributed by atoms with Crippen LogP contribution in [-0.2, 0) is 9.53 Å². The van der Waals surface area contributed by atoms with E-state index in [1.165, 1.54) is 12.3 Å². The molecule has 2 aromatic rings. The van der Waals surface area contributed by atoms with Crippen molar-refractivity contribution in [2.24, 2.45) is 0 Å². The average molecular weight is 284 g/mol. The Bertz CT molecular complexity index is 605. The molecular formula is C11H10ClN3O4. The molecule has 0 atom stereocenters. The summed E-state index contributed by atoms with van der Waals surface area (Å²) in [6.07, 6.45) is 1.44. The molecule has 2 heterocycles. The summed E-state index contributed by atoms with van der Waals surface area (Å²) >= 11 is 5.64. The second-order valence-electron chi connectivity index (χ2n) is 3.68. The number of aromatic nitrogens is 2. The number of hydrogen-bond acceptors (Lipinski definition) is 5. The first-order valence-electron chi connectivity index (χ1n) is 5.29. The highest BCUT2D eigenvalue weighted by atomic mass is 35.5. The van der Waals surface area contributed by atoms with Gasteiger partial charge >= 0.3 is 5.97 Å². The van der Waals surface area contributed by atoms with E-state index in [1.807, 2.05) is 0 Å². The molecule has 1 amide bonds. The largest absolute Gasteiger partial charge is 0.451 e. The van der Waals surface area contributed by atoms with Gasteiger partial charge in [0.05, 0.1) is 5.02 Å². The summed E-state index contributed by atoms with van der Waals surface area (Å²) in [7, 11) is 0. The molecule has 0 bridgehead atoms. The van der Waals surface area contributed by atoms with Crippen molar-refractivity contribution < 1.29 is 18.8 Å². The number of halogens is 1. The molecule has 0 aliphatic carbocycles. The molecule has 0 radical (unpaired) electrons. The Morgan fingerprint density at radius 3 is 2.89 bits per heavy atom. The highest BCUT2D eigenvalue weighted by Gasteiger charge is 2.13. The molecule has 7 nitrogen and oxygen atoms in total. The zero-order chi connectivity index (χ0) is 13.8. The lowest BCUT2D eigenvalue weighted by Gasteiger charge is -2.02. The number of nitrogens with zero attached hydrogens (tertiary/aromatic N) is 1. The maximum Gasteiger partial charge on any atom is 0.355 e. The third kappa shape index (κ3) is 3.59. The lowest BCUT2D eigenvalue weighted by Crippen LogP contribution is -2.21. The van der Waals surface area contributed by atoms with Gasteiger partial charge in [-0.15, -0.1) is 0 Å². The quantitative estimate of drug-likeness (QED) is 0.833. The van der Waals surface area contributed by atoms with Crippen LogP contribution < -0.4 is 5.32 Å². The molecule has 0 saturated carbocycles. The molecule has 2 N–H and O–H groups in total. The highest BCUT2D eigenvalue weighted by molar-refractivity contribution is 6.30. The summed E-state index contributed by atoms with van der Waals surface area (Å²) < 4.78 is 9.55. The maximum atomic E-state index is 11.5. The van der Waals surface area contributed by atoms with Gasteiger partial charge in [-0.3, -0.25) is 4.79 Å². The fraction of sp³-hybridized carbons (Fsp3) is 0.182. The van der Waals surface area contributed by atoms with E-state index in [9.17, 15) is 9.59 Å². The van der Waals surface area contributed by atoms with E-state index in [0.717, 1.165) is 0 Å². The van der Waals surface area contributed by atoms with Crippen molar-refractivity contribution in [3.63, 3.8) is 0 Å². The van der Waals surface area contributed by atoms with E-state index in [2.05, 4.69) is 15.5 Å². The molecule has 19 heavy (non-hydrogen) atoms. The number of aryl methyl sites for hydroxylation is 1. The number of nitrogens with one attached hydrogen (secondary N) is 2. The lowest BCUT2D eigenvalue weighted by molar-refractivity contribution is -0.119. The number of amides is 1. The van der Waals surface area contributed by atoms with Crippen molar-refractivity contribution in [3.8, 4) is 0 Å². The molecule has 0 saturated heterocycles. The Kier molecular flexibility index (Phi) is 3.86. The Balaban J connectivity index is 1.82. The molecule has 0 aliphatic heterocycles. The van der Waals surface area contributed by atoms with Crippen molar-refractivity contribution in [1.82, 2.24) is 10.1 Å². The fourth-order valence-corrected chi connectivity index (χ4v) is 1.46. The van der Waals surface area contributed by atoms with Gasteiger partial charge in [0.1, 0.15) is 11.5 Å². The van der Waals surface area contributed by atoms with Gasteiger partial charge in [0, 0.05) is 12.3 Å². The van der Waals surface area contributed by atoms with Crippen molar-refractivity contribution in [3.05, 3.63) is 34.8 Å². The highest BCUT2D eigenvalue weighted by Crippen LogP contribution is 2.10. The van der Waals surface area contributed by atoms with Crippen LogP contribution in [0.1, 0.15) is 16.2 Å². The van der Waals surface area contributed by atoms with Crippen LogP contribution in [0.25, 0.3) is 0 Å². The molecule has 0 aromatic carbocycles. The van der Waals surface area contributed by atoms with Crippen molar-refractivity contribution in [2.45, 2.75) is 6.92 Å². The number of esters is 1. The van der Waals surface area contributed by atoms with Gasteiger partial charge in [0.2, 0.25) is 0 Å². The number of anilines is 1. The first-order valence-corrected chi connectivity index (χ1v) is 5.66. The van der Waals surface area contributed by atoms with Crippen LogP contribution in [0.15, 0.2) is 22.9 Å². The Hall–Kier alpha value is -2.28. The molecule has 8 heteroatoms. The molecule has 0 fully saturated rings. The minimum Gasteiger partial charge on any atom is -0.451 e. The topological polar surface area (TPSA) is 97.2 Å². The van der Waals surface area contributed by atoms with Crippen LogP contribution in [0.4, 0.5) is 5.82 Å². The van der Waals surface area contributed by atoms with Crippen molar-refractivity contribution >= 4 is 29.3 Å². The normalized spacial score (nSPS) is 10.2. The summed E-state index contributed by atoms with van der Waals surface area (Å²) in [6.45, 7) is 1.26. The summed E-state index contributed by atoms with van der Waals surface area (Å²) in [5.41, 5.74) is 0.176. The molecule has 2 aromatic heterocycles. The third-order valence-electron chi connectivity index (χ3n) is 2.10. The predicted octanol–water partition coefficient (Wildman–Crippen LogP) is 1.76. The molecular weight excluding hydrogens is 274 g/mol. The number of carbonyl (C=O) groups is 2. The van der Waals surface area contributed by atoms with E-state index in [-0.39, 0.29) is 11.5 Å². The van der Waals surface area contributed by atoms with Gasteiger partial charge in [0.25, 0.3) is 5.91 Å². The van der Waals surface area contributed by atoms with Crippen LogP contribution in [-0.4, -0.2) is 28.6 Å². The third-order valence-corrected chi connectivity index (χ3v) is 2.32. The van der Waals surface area contributed by atoms with E-state index in [1.54, 1.807) is 13.0 Å². The Morgan fingerprint density at radius 1 is 1.53 bits per heavy atom. The summed E-state index contributed by atoms with van der Waals surface area (Å²) in [5, 5.41) is 6.37. The van der Waals surface area contributed by atoms with E-state index in [4.69, 9.17) is 20.9 Å². The molecule has 0 aliphatic rings. The van der Waals surface area contributed by atoms with Gasteiger partial charge in [-0.05, 0) is 13.0 Å². The van der Waals surface area contributed by atoms with Crippen LogP contribution in [0.5, 0.6) is 0 Å². The van der Waals surface area contributed by atoms with Gasteiger partial charge in [0.15, 0.2) is 12.4 Å². The minimum atomic E-state index is -0.668. The predicted molar refractivity (Wildman–Crippen MR) is 66.0 cm³/mol. The molecule has 2 rings (SSSR count). The molecule has 0 spiro atoms. The second kappa shape index (κ2) is 5.57. The first kappa shape index (κ1) is 13.2. The van der Waals surface area contributed by atoms with Crippen LogP contribution in [0.3, 0.4) is 0 Å². The number of hydrogen-bond donors (Lipinski definition) is 2. The Labute approximate surface area is 112 Å². The average Bonchev–Trinajstić information content (AvgIpc) is 2.95. The monoisotopic (exact) mass is 283 g/mol. The number of carbonyl (C=O) groups excluding carboxylic acids is 2. The van der Waals surface area contributed by atoms with Gasteiger partial charge in [-0.25, -0.2) is 4.79 Å². The summed E-state index contributed by atoms with van der Waals surface area (Å²) in [4.78, 5) is 25.6. The second-order valence-corrected chi connectivity index (χ2v) is 4.12. The summed E-state index contributed by atoms with van der Waals surface area (Å²) in [5.74, 6) is -0.354. The van der Waals surface area contributed by atoms with Crippen molar-refractivity contribution in [1.29, 1.82) is 0 Å². The number of rotatable bonds is 4. The van der Waals surface area contributed by atoms with Gasteiger partial charge < -0.3 is 19.6 Å². The van der Waals surface area contributed by atoms with E-state index in [0.29, 0.717) is 10.8 Å². The van der Waals surface area contributed by atoms with Gasteiger partial charge in [-0.2, -0.15) is 0 Å². The smallest absolute Gasteiger partial charge is 0.355 e. The van der Waals surface area contributed by atoms with E-state index >= 15 is 0 Å². The first-order chi connectivity index (χ1) is 9.04. The zero-order valence-corrected chi connectivity index (χ0v) is 10.7. The van der Waals surface area contributed by atoms with Crippen LogP contribution in [0.2, 0.25) is 5.02 Å². The maximum absolute atomic E-state index is 11.5. The van der Waals surface area contributed by atoms with E-state index < -0.39 is 18.5 Å². The van der Waals surface area contributed by atoms with Crippen molar-refractivity contribution in [2.75, 3.05) is 11.9 Å². The summed E-state index contributed by atoms with van der Waals surface area (Å²) in [6, 6.07) is 2.95. The number of aromatic amines is 1. The fourth-order valence-electron chi connectivity index (χ4n) is 1.30. The lowest BCUT2D eigenvalue weighted by atomic mass is 10.4. The van der Waals surface area contributed by atoms with Crippen LogP contribution >= 0.6 is 11.6 Å². The minimum absolute atomic E-state index is 0.176. The standard InChI is InChI=1S/C11H10ClN3O4/c1-6-2-9(15-19-6)14-10(16)5-18-11(17)8-3-7(12)4-13-8/h2-4,13H,5H2,1H3,(H,14,15,16). The molecule has 100 valence electrons. The number of ether oxygens (including phenoxy) is 1. The van der Waals surface area contributed by atoms with Crippen LogP contribution in [0, 0.1) is 6.92 Å². The SMILES string of the molecule is Cc1cc(NC(=O)COC(=O)c2cc(Cl)c[nH]2)no1. The Morgan fingerprint density at radius 2 is 2.32 bits per heavy atom. The number of H-pyrrole nitrogens is 1. The molecule has 0 unspecified atom stereocenters.